The van der Waals surface area contributed by atoms with Crippen molar-refractivity contribution in [2.24, 2.45) is 0 Å². The van der Waals surface area contributed by atoms with Crippen molar-refractivity contribution < 1.29 is 23.4 Å². The number of allylic oxidation sites excluding steroid dienone is 1. The summed E-state index contributed by atoms with van der Waals surface area (Å²) in [4.78, 5) is 12.2. The molecular weight excluding hydrogens is 311 g/mol. The van der Waals surface area contributed by atoms with E-state index in [0.717, 1.165) is 6.07 Å². The lowest BCUT2D eigenvalue weighted by Gasteiger charge is -2.11. The zero-order chi connectivity index (χ0) is 17.5. The van der Waals surface area contributed by atoms with E-state index in [1.165, 1.54) is 32.4 Å². The number of carbonyl (C=O) groups is 1. The molecule has 0 N–H and O–H groups in total. The summed E-state index contributed by atoms with van der Waals surface area (Å²) in [6.07, 6.45) is 2.99. The lowest BCUT2D eigenvalue weighted by molar-refractivity contribution is 0.104. The van der Waals surface area contributed by atoms with Gasteiger partial charge < -0.3 is 14.2 Å². The van der Waals surface area contributed by atoms with Crippen molar-refractivity contribution in [1.82, 2.24) is 0 Å². The van der Waals surface area contributed by atoms with E-state index in [2.05, 4.69) is 0 Å². The first-order valence-corrected chi connectivity index (χ1v) is 7.46. The predicted molar refractivity (Wildman–Crippen MR) is 90.5 cm³/mol. The van der Waals surface area contributed by atoms with E-state index in [9.17, 15) is 9.18 Å². The van der Waals surface area contributed by atoms with Crippen LogP contribution in [0.5, 0.6) is 17.2 Å². The molecule has 126 valence electrons. The molecule has 5 heteroatoms. The van der Waals surface area contributed by atoms with Gasteiger partial charge in [-0.2, -0.15) is 0 Å². The highest BCUT2D eigenvalue weighted by molar-refractivity contribution is 6.07. The fourth-order valence-electron chi connectivity index (χ4n) is 2.23. The fourth-order valence-corrected chi connectivity index (χ4v) is 2.23. The fraction of sp³-hybridized carbons (Fsp3) is 0.211. The normalized spacial score (nSPS) is 10.7. The summed E-state index contributed by atoms with van der Waals surface area (Å²) in [7, 11) is 2.91. The summed E-state index contributed by atoms with van der Waals surface area (Å²) < 4.78 is 29.4. The molecule has 4 nitrogen and oxygen atoms in total. The first kappa shape index (κ1) is 17.5. The number of hydrogen-bond acceptors (Lipinski definition) is 4. The Morgan fingerprint density at radius 1 is 1.12 bits per heavy atom. The minimum atomic E-state index is -0.576. The Bertz CT molecular complexity index is 753. The first-order chi connectivity index (χ1) is 11.6. The summed E-state index contributed by atoms with van der Waals surface area (Å²) >= 11 is 0. The summed E-state index contributed by atoms with van der Waals surface area (Å²) in [6.45, 7) is 2.39. The largest absolute Gasteiger partial charge is 0.494 e. The standard InChI is InChI=1S/C19H19FO4/c1-4-24-18-7-5-6-13(19(18)23-3)8-10-16(21)14-9-11-17(22-2)15(20)12-14/h5-12H,4H2,1-3H3/b10-8+. The van der Waals surface area contributed by atoms with Crippen LogP contribution < -0.4 is 14.2 Å². The molecule has 0 aliphatic rings. The zero-order valence-corrected chi connectivity index (χ0v) is 13.8. The Hall–Kier alpha value is -2.82. The Balaban J connectivity index is 2.26. The molecule has 0 aliphatic heterocycles. The van der Waals surface area contributed by atoms with E-state index >= 15 is 0 Å². The minimum Gasteiger partial charge on any atom is -0.494 e. The number of carbonyl (C=O) groups excluding carboxylic acids is 1. The van der Waals surface area contributed by atoms with Gasteiger partial charge in [0.1, 0.15) is 0 Å². The molecule has 0 fully saturated rings. The van der Waals surface area contributed by atoms with Crippen LogP contribution in [0.1, 0.15) is 22.8 Å². The molecule has 0 amide bonds. The quantitative estimate of drug-likeness (QED) is 0.565. The molecule has 0 radical (unpaired) electrons. The van der Waals surface area contributed by atoms with Gasteiger partial charge in [0.25, 0.3) is 0 Å². The predicted octanol–water partition coefficient (Wildman–Crippen LogP) is 4.14. The van der Waals surface area contributed by atoms with E-state index in [1.807, 2.05) is 13.0 Å². The van der Waals surface area contributed by atoms with Gasteiger partial charge in [0.05, 0.1) is 20.8 Å². The number of methoxy groups -OCH3 is 2. The molecule has 2 aromatic rings. The highest BCUT2D eigenvalue weighted by Crippen LogP contribution is 2.32. The van der Waals surface area contributed by atoms with Crippen molar-refractivity contribution in [3.63, 3.8) is 0 Å². The molecule has 0 unspecified atom stereocenters. The van der Waals surface area contributed by atoms with Crippen LogP contribution >= 0.6 is 0 Å². The number of halogens is 1. The van der Waals surface area contributed by atoms with Gasteiger partial charge in [-0.1, -0.05) is 12.1 Å². The van der Waals surface area contributed by atoms with E-state index < -0.39 is 5.82 Å². The number of rotatable bonds is 7. The number of hydrogen-bond donors (Lipinski definition) is 0. The van der Waals surface area contributed by atoms with E-state index in [-0.39, 0.29) is 17.1 Å². The highest BCUT2D eigenvalue weighted by Gasteiger charge is 2.10. The summed E-state index contributed by atoms with van der Waals surface area (Å²) in [5.41, 5.74) is 0.940. The lowest BCUT2D eigenvalue weighted by atomic mass is 10.1. The van der Waals surface area contributed by atoms with Crippen molar-refractivity contribution in [3.8, 4) is 17.2 Å². The number of ether oxygens (including phenoxy) is 3. The van der Waals surface area contributed by atoms with Crippen LogP contribution in [0.15, 0.2) is 42.5 Å². The average Bonchev–Trinajstić information content (AvgIpc) is 2.60. The smallest absolute Gasteiger partial charge is 0.185 e. The molecule has 0 aliphatic carbocycles. The first-order valence-electron chi connectivity index (χ1n) is 7.46. The number of para-hydroxylation sites is 1. The second kappa shape index (κ2) is 8.15. The summed E-state index contributed by atoms with van der Waals surface area (Å²) in [5.74, 6) is 0.351. The average molecular weight is 330 g/mol. The van der Waals surface area contributed by atoms with Gasteiger partial charge in [0.2, 0.25) is 0 Å². The lowest BCUT2D eigenvalue weighted by Crippen LogP contribution is -1.98. The summed E-state index contributed by atoms with van der Waals surface area (Å²) in [5, 5.41) is 0. The van der Waals surface area contributed by atoms with Crippen LogP contribution in [0, 0.1) is 5.82 Å². The molecule has 2 rings (SSSR count). The summed E-state index contributed by atoms with van der Waals surface area (Å²) in [6, 6.07) is 9.50. The van der Waals surface area contributed by atoms with E-state index in [1.54, 1.807) is 18.2 Å². The van der Waals surface area contributed by atoms with Gasteiger partial charge in [-0.25, -0.2) is 4.39 Å². The Kier molecular flexibility index (Phi) is 5.95. The van der Waals surface area contributed by atoms with Crippen molar-refractivity contribution in [1.29, 1.82) is 0 Å². The monoisotopic (exact) mass is 330 g/mol. The molecule has 0 atom stereocenters. The van der Waals surface area contributed by atoms with Gasteiger partial charge in [-0.05, 0) is 43.3 Å². The van der Waals surface area contributed by atoms with Crippen molar-refractivity contribution in [3.05, 3.63) is 59.4 Å². The number of ketones is 1. The van der Waals surface area contributed by atoms with Gasteiger partial charge in [0.15, 0.2) is 28.8 Å². The molecule has 0 saturated carbocycles. The third-order valence-corrected chi connectivity index (χ3v) is 3.36. The zero-order valence-electron chi connectivity index (χ0n) is 13.8. The Morgan fingerprint density at radius 2 is 1.92 bits per heavy atom. The van der Waals surface area contributed by atoms with E-state index in [4.69, 9.17) is 14.2 Å². The van der Waals surface area contributed by atoms with Crippen LogP contribution in [0.2, 0.25) is 0 Å². The topological polar surface area (TPSA) is 44.8 Å². The van der Waals surface area contributed by atoms with Crippen LogP contribution in [0.25, 0.3) is 6.08 Å². The van der Waals surface area contributed by atoms with Crippen molar-refractivity contribution in [2.45, 2.75) is 6.92 Å². The third kappa shape index (κ3) is 3.93. The van der Waals surface area contributed by atoms with E-state index in [0.29, 0.717) is 23.7 Å². The molecular formula is C19H19FO4. The third-order valence-electron chi connectivity index (χ3n) is 3.36. The SMILES string of the molecule is CCOc1cccc(/C=C/C(=O)c2ccc(OC)c(F)c2)c1OC. The second-order valence-electron chi connectivity index (χ2n) is 4.86. The molecule has 2 aromatic carbocycles. The molecule has 0 spiro atoms. The maximum Gasteiger partial charge on any atom is 0.185 e. The maximum atomic E-state index is 13.7. The molecule has 0 aromatic heterocycles. The maximum absolute atomic E-state index is 13.7. The molecule has 24 heavy (non-hydrogen) atoms. The van der Waals surface area contributed by atoms with Crippen LogP contribution in [-0.4, -0.2) is 26.6 Å². The van der Waals surface area contributed by atoms with Crippen molar-refractivity contribution >= 4 is 11.9 Å². The highest BCUT2D eigenvalue weighted by atomic mass is 19.1. The second-order valence-corrected chi connectivity index (χ2v) is 4.86. The minimum absolute atomic E-state index is 0.0987. The van der Waals surface area contributed by atoms with Gasteiger partial charge >= 0.3 is 0 Å². The molecule has 0 heterocycles. The van der Waals surface area contributed by atoms with Gasteiger partial charge in [-0.15, -0.1) is 0 Å². The number of benzene rings is 2. The van der Waals surface area contributed by atoms with Crippen molar-refractivity contribution in [2.75, 3.05) is 20.8 Å². The van der Waals surface area contributed by atoms with Crippen LogP contribution in [0.4, 0.5) is 4.39 Å². The van der Waals surface area contributed by atoms with Gasteiger partial charge in [0, 0.05) is 11.1 Å². The molecule has 0 saturated heterocycles. The Morgan fingerprint density at radius 3 is 2.54 bits per heavy atom. The Labute approximate surface area is 140 Å². The van der Waals surface area contributed by atoms with Gasteiger partial charge in [-0.3, -0.25) is 4.79 Å². The molecule has 0 bridgehead atoms. The van der Waals surface area contributed by atoms with Crippen LogP contribution in [-0.2, 0) is 0 Å². The van der Waals surface area contributed by atoms with Crippen LogP contribution in [0.3, 0.4) is 0 Å².